The van der Waals surface area contributed by atoms with Crippen LogP contribution in [0.15, 0.2) is 48.8 Å². The second-order valence-corrected chi connectivity index (χ2v) is 7.46. The van der Waals surface area contributed by atoms with Crippen molar-refractivity contribution in [2.45, 2.75) is 32.9 Å². The largest absolute Gasteiger partial charge is 0.491 e. The molecule has 2 N–H and O–H groups in total. The molecule has 154 valence electrons. The number of ether oxygens (including phenoxy) is 1. The average molecular weight is 397 g/mol. The molecule has 0 radical (unpaired) electrons. The lowest BCUT2D eigenvalue weighted by Crippen LogP contribution is -2.35. The molecule has 5 nitrogen and oxygen atoms in total. The van der Waals surface area contributed by atoms with E-state index in [2.05, 4.69) is 16.4 Å². The first-order valence-corrected chi connectivity index (χ1v) is 9.70. The van der Waals surface area contributed by atoms with E-state index in [4.69, 9.17) is 4.74 Å². The van der Waals surface area contributed by atoms with Gasteiger partial charge in [0.2, 0.25) is 0 Å². The van der Waals surface area contributed by atoms with Crippen LogP contribution in [0.3, 0.4) is 0 Å². The molecule has 1 heterocycles. The summed E-state index contributed by atoms with van der Waals surface area (Å²) in [6.07, 6.45) is 2.81. The van der Waals surface area contributed by atoms with E-state index in [9.17, 15) is 9.50 Å². The van der Waals surface area contributed by atoms with Gasteiger partial charge in [0.25, 0.3) is 0 Å². The third kappa shape index (κ3) is 5.22. The van der Waals surface area contributed by atoms with Crippen LogP contribution in [0.4, 0.5) is 4.39 Å². The van der Waals surface area contributed by atoms with E-state index in [1.54, 1.807) is 12.3 Å². The number of nitrogens with zero attached hydrogens (tertiary/aromatic N) is 2. The number of benzene rings is 2. The second kappa shape index (κ2) is 9.20. The van der Waals surface area contributed by atoms with Gasteiger partial charge < -0.3 is 19.7 Å². The molecule has 6 heteroatoms. The summed E-state index contributed by atoms with van der Waals surface area (Å²) in [6.45, 7) is 6.51. The van der Waals surface area contributed by atoms with Crippen LogP contribution in [0, 0.1) is 26.6 Å². The van der Waals surface area contributed by atoms with Crippen molar-refractivity contribution in [3.63, 3.8) is 0 Å². The molecule has 0 spiro atoms. The predicted molar refractivity (Wildman–Crippen MR) is 112 cm³/mol. The van der Waals surface area contributed by atoms with Crippen LogP contribution in [0.1, 0.15) is 34.1 Å². The fourth-order valence-electron chi connectivity index (χ4n) is 3.35. The van der Waals surface area contributed by atoms with E-state index >= 15 is 0 Å². The van der Waals surface area contributed by atoms with Gasteiger partial charge in [-0.15, -0.1) is 0 Å². The minimum atomic E-state index is -0.730. The maximum Gasteiger partial charge on any atom is 0.130 e. The van der Waals surface area contributed by atoms with Gasteiger partial charge in [-0.2, -0.15) is 0 Å². The highest BCUT2D eigenvalue weighted by Gasteiger charge is 2.20. The summed E-state index contributed by atoms with van der Waals surface area (Å²) < 4.78 is 21.5. The van der Waals surface area contributed by atoms with Crippen molar-refractivity contribution in [3.8, 4) is 5.75 Å². The maximum absolute atomic E-state index is 13.8. The molecule has 0 bridgehead atoms. The molecule has 2 aromatic carbocycles. The summed E-state index contributed by atoms with van der Waals surface area (Å²) in [7, 11) is 1.89. The Labute approximate surface area is 171 Å². The summed E-state index contributed by atoms with van der Waals surface area (Å²) in [5.41, 5.74) is 4.10. The minimum absolute atomic E-state index is 0.160. The van der Waals surface area contributed by atoms with Crippen LogP contribution >= 0.6 is 0 Å². The zero-order valence-corrected chi connectivity index (χ0v) is 17.3. The van der Waals surface area contributed by atoms with Gasteiger partial charge in [-0.1, -0.05) is 18.2 Å². The van der Waals surface area contributed by atoms with Crippen LogP contribution in [0.2, 0.25) is 0 Å². The average Bonchev–Trinajstić information content (AvgIpc) is 3.09. The van der Waals surface area contributed by atoms with Crippen molar-refractivity contribution < 1.29 is 14.2 Å². The molecule has 29 heavy (non-hydrogen) atoms. The van der Waals surface area contributed by atoms with E-state index in [0.29, 0.717) is 0 Å². The second-order valence-electron chi connectivity index (χ2n) is 7.46. The van der Waals surface area contributed by atoms with Gasteiger partial charge in [-0.3, -0.25) is 0 Å². The van der Waals surface area contributed by atoms with Crippen LogP contribution in [0.25, 0.3) is 0 Å². The first kappa shape index (κ1) is 21.0. The maximum atomic E-state index is 13.8. The first-order valence-electron chi connectivity index (χ1n) is 9.70. The van der Waals surface area contributed by atoms with Crippen molar-refractivity contribution in [2.75, 3.05) is 13.2 Å². The molecular weight excluding hydrogens is 369 g/mol. The number of nitrogens with one attached hydrogen (secondary N) is 1. The Bertz CT molecular complexity index is 971. The standard InChI is InChI=1S/C23H28FN3O2/c1-15-10-16(2)17(3)21(11-15)29-14-20(28)13-26-22(23-25-8-9-27(23)4)18-6-5-7-19(24)12-18/h5-12,20,22,26,28H,13-14H2,1-4H3. The summed E-state index contributed by atoms with van der Waals surface area (Å²) >= 11 is 0. The van der Waals surface area contributed by atoms with Gasteiger partial charge in [0.1, 0.15) is 30.1 Å². The normalized spacial score (nSPS) is 13.3. The summed E-state index contributed by atoms with van der Waals surface area (Å²) in [5, 5.41) is 13.8. The zero-order chi connectivity index (χ0) is 21.0. The Balaban J connectivity index is 1.67. The van der Waals surface area contributed by atoms with Gasteiger partial charge in [0.05, 0.1) is 6.04 Å². The van der Waals surface area contributed by atoms with Crippen LogP contribution < -0.4 is 10.1 Å². The topological polar surface area (TPSA) is 59.3 Å². The van der Waals surface area contributed by atoms with Gasteiger partial charge in [0, 0.05) is 26.0 Å². The zero-order valence-electron chi connectivity index (χ0n) is 17.3. The highest BCUT2D eigenvalue weighted by molar-refractivity contribution is 5.41. The molecule has 0 aliphatic heterocycles. The molecular formula is C23H28FN3O2. The van der Waals surface area contributed by atoms with Crippen molar-refractivity contribution >= 4 is 0 Å². The van der Waals surface area contributed by atoms with Crippen molar-refractivity contribution in [1.82, 2.24) is 14.9 Å². The number of aromatic nitrogens is 2. The van der Waals surface area contributed by atoms with Gasteiger partial charge >= 0.3 is 0 Å². The van der Waals surface area contributed by atoms with Crippen molar-refractivity contribution in [1.29, 1.82) is 0 Å². The van der Waals surface area contributed by atoms with E-state index in [0.717, 1.165) is 33.8 Å². The monoisotopic (exact) mass is 397 g/mol. The molecule has 3 aromatic rings. The van der Waals surface area contributed by atoms with E-state index in [-0.39, 0.29) is 25.0 Å². The molecule has 0 aliphatic rings. The van der Waals surface area contributed by atoms with Crippen LogP contribution in [0.5, 0.6) is 5.75 Å². The minimum Gasteiger partial charge on any atom is -0.491 e. The summed E-state index contributed by atoms with van der Waals surface area (Å²) in [5.74, 6) is 1.22. The highest BCUT2D eigenvalue weighted by atomic mass is 19.1. The quantitative estimate of drug-likeness (QED) is 0.610. The highest BCUT2D eigenvalue weighted by Crippen LogP contribution is 2.24. The smallest absolute Gasteiger partial charge is 0.130 e. The van der Waals surface area contributed by atoms with Gasteiger partial charge in [-0.25, -0.2) is 9.37 Å². The molecule has 1 aromatic heterocycles. The molecule has 0 amide bonds. The number of aliphatic hydroxyl groups excluding tert-OH is 1. The molecule has 2 atom stereocenters. The summed E-state index contributed by atoms with van der Waals surface area (Å²) in [6, 6.07) is 10.1. The van der Waals surface area contributed by atoms with Crippen molar-refractivity contribution in [3.05, 3.63) is 82.7 Å². The molecule has 3 rings (SSSR count). The lowest BCUT2D eigenvalue weighted by atomic mass is 10.1. The van der Waals surface area contributed by atoms with Crippen molar-refractivity contribution in [2.24, 2.45) is 7.05 Å². The molecule has 0 aliphatic carbocycles. The van der Waals surface area contributed by atoms with Crippen LogP contribution in [-0.4, -0.2) is 33.9 Å². The number of aliphatic hydroxyl groups is 1. The summed E-state index contributed by atoms with van der Waals surface area (Å²) in [4.78, 5) is 4.39. The third-order valence-corrected chi connectivity index (χ3v) is 5.05. The Kier molecular flexibility index (Phi) is 6.67. The van der Waals surface area contributed by atoms with E-state index in [1.165, 1.54) is 12.1 Å². The first-order chi connectivity index (χ1) is 13.8. The van der Waals surface area contributed by atoms with Crippen LogP contribution in [-0.2, 0) is 7.05 Å². The Morgan fingerprint density at radius 2 is 2.00 bits per heavy atom. The fourth-order valence-corrected chi connectivity index (χ4v) is 3.35. The molecule has 0 saturated carbocycles. The van der Waals surface area contributed by atoms with E-state index < -0.39 is 6.10 Å². The fraction of sp³-hybridized carbons (Fsp3) is 0.348. The Morgan fingerprint density at radius 3 is 2.69 bits per heavy atom. The number of rotatable bonds is 8. The lowest BCUT2D eigenvalue weighted by molar-refractivity contribution is 0.104. The number of hydrogen-bond donors (Lipinski definition) is 2. The van der Waals surface area contributed by atoms with Gasteiger partial charge in [0.15, 0.2) is 0 Å². The molecule has 2 unspecified atom stereocenters. The molecule has 0 fully saturated rings. The number of aryl methyl sites for hydroxylation is 3. The number of imidazole rings is 1. The third-order valence-electron chi connectivity index (χ3n) is 5.05. The molecule has 0 saturated heterocycles. The SMILES string of the molecule is Cc1cc(C)c(C)c(OCC(O)CNC(c2cccc(F)c2)c2nccn2C)c1. The Hall–Kier alpha value is -2.70. The number of hydrogen-bond acceptors (Lipinski definition) is 4. The Morgan fingerprint density at radius 1 is 1.21 bits per heavy atom. The van der Waals surface area contributed by atoms with E-state index in [1.807, 2.05) is 50.7 Å². The predicted octanol–water partition coefficient (Wildman–Crippen LogP) is 3.60. The number of halogens is 1. The lowest BCUT2D eigenvalue weighted by Gasteiger charge is -2.22. The van der Waals surface area contributed by atoms with Gasteiger partial charge in [-0.05, 0) is 61.2 Å².